The summed E-state index contributed by atoms with van der Waals surface area (Å²) in [6.45, 7) is 2.25. The van der Waals surface area contributed by atoms with Gasteiger partial charge in [0.1, 0.15) is 5.82 Å². The van der Waals surface area contributed by atoms with Crippen LogP contribution in [0, 0.1) is 5.92 Å². The van der Waals surface area contributed by atoms with E-state index < -0.39 is 0 Å². The highest BCUT2D eigenvalue weighted by molar-refractivity contribution is 5.35. The van der Waals surface area contributed by atoms with Crippen LogP contribution in [0.25, 0.3) is 0 Å². The Bertz CT molecular complexity index is 288. The third-order valence-corrected chi connectivity index (χ3v) is 2.94. The lowest BCUT2D eigenvalue weighted by Crippen LogP contribution is -2.23. The maximum atomic E-state index is 4.16. The fourth-order valence-corrected chi connectivity index (χ4v) is 1.94. The lowest BCUT2D eigenvalue weighted by molar-refractivity contribution is 0.570. The lowest BCUT2D eigenvalue weighted by atomic mass is 10.1. The Hall–Kier alpha value is -0.990. The van der Waals surface area contributed by atoms with E-state index in [9.17, 15) is 0 Å². The van der Waals surface area contributed by atoms with Crippen LogP contribution in [-0.4, -0.2) is 15.8 Å². The Labute approximate surface area is 85.5 Å². The van der Waals surface area contributed by atoms with E-state index in [1.54, 1.807) is 0 Å². The normalized spacial score (nSPS) is 18.1. The van der Waals surface area contributed by atoms with Crippen molar-refractivity contribution in [3.05, 3.63) is 12.3 Å². The summed E-state index contributed by atoms with van der Waals surface area (Å²) < 4.78 is 1.91. The summed E-state index contributed by atoms with van der Waals surface area (Å²) in [4.78, 5) is 0. The van der Waals surface area contributed by atoms with E-state index in [-0.39, 0.29) is 0 Å². The lowest BCUT2D eigenvalue weighted by Gasteiger charge is -2.18. The Kier molecular flexibility index (Phi) is 2.75. The predicted octanol–water partition coefficient (Wildman–Crippen LogP) is 2.41. The monoisotopic (exact) mass is 193 g/mol. The third-order valence-electron chi connectivity index (χ3n) is 2.94. The van der Waals surface area contributed by atoms with Crippen LogP contribution in [-0.2, 0) is 7.05 Å². The molecule has 1 aromatic rings. The van der Waals surface area contributed by atoms with Crippen LogP contribution in [0.1, 0.15) is 32.6 Å². The molecule has 1 N–H and O–H groups in total. The molecular weight excluding hydrogens is 174 g/mol. The molecule has 1 aliphatic carbocycles. The summed E-state index contributed by atoms with van der Waals surface area (Å²) in [5.41, 5.74) is 0. The molecule has 78 valence electrons. The van der Waals surface area contributed by atoms with Crippen molar-refractivity contribution < 1.29 is 0 Å². The number of hydrogen-bond donors (Lipinski definition) is 1. The Morgan fingerprint density at radius 3 is 2.93 bits per heavy atom. The van der Waals surface area contributed by atoms with Gasteiger partial charge in [0, 0.05) is 19.2 Å². The van der Waals surface area contributed by atoms with Crippen molar-refractivity contribution in [2.45, 2.75) is 38.6 Å². The summed E-state index contributed by atoms with van der Waals surface area (Å²) in [6.07, 6.45) is 7.17. The second kappa shape index (κ2) is 4.03. The molecule has 1 atom stereocenters. The van der Waals surface area contributed by atoms with Crippen molar-refractivity contribution in [3.8, 4) is 0 Å². The molecule has 1 aliphatic rings. The van der Waals surface area contributed by atoms with Crippen LogP contribution in [0.5, 0.6) is 0 Å². The molecule has 0 aliphatic heterocycles. The summed E-state index contributed by atoms with van der Waals surface area (Å²) in [6, 6.07) is 2.71. The molecule has 14 heavy (non-hydrogen) atoms. The van der Waals surface area contributed by atoms with Crippen molar-refractivity contribution in [3.63, 3.8) is 0 Å². The number of nitrogens with one attached hydrogen (secondary N) is 1. The zero-order valence-corrected chi connectivity index (χ0v) is 9.03. The van der Waals surface area contributed by atoms with Gasteiger partial charge in [-0.3, -0.25) is 4.68 Å². The average molecular weight is 193 g/mol. The molecule has 0 amide bonds. The fourth-order valence-electron chi connectivity index (χ4n) is 1.94. The summed E-state index contributed by atoms with van der Waals surface area (Å²) in [7, 11) is 1.98. The quantitative estimate of drug-likeness (QED) is 0.778. The van der Waals surface area contributed by atoms with Gasteiger partial charge in [-0.2, -0.15) is 5.10 Å². The second-order valence-electron chi connectivity index (χ2n) is 4.22. The summed E-state index contributed by atoms with van der Waals surface area (Å²) in [5.74, 6) is 2.06. The molecule has 1 heterocycles. The number of aromatic nitrogens is 2. The standard InChI is InChI=1S/C11H19N3/c1-3-4-10(9-5-6-9)13-11-7-8-12-14(11)2/h7-10,13H,3-6H2,1-2H3. The van der Waals surface area contributed by atoms with E-state index in [2.05, 4.69) is 17.3 Å². The molecular formula is C11H19N3. The molecule has 0 spiro atoms. The number of aryl methyl sites for hydroxylation is 1. The summed E-state index contributed by atoms with van der Waals surface area (Å²) in [5, 5.41) is 7.75. The Morgan fingerprint density at radius 1 is 1.64 bits per heavy atom. The largest absolute Gasteiger partial charge is 0.367 e. The van der Waals surface area contributed by atoms with Gasteiger partial charge >= 0.3 is 0 Å². The molecule has 1 aromatic heterocycles. The van der Waals surface area contributed by atoms with Crippen LogP contribution in [0.4, 0.5) is 5.82 Å². The molecule has 0 saturated heterocycles. The van der Waals surface area contributed by atoms with Gasteiger partial charge in [0.25, 0.3) is 0 Å². The Morgan fingerprint density at radius 2 is 2.43 bits per heavy atom. The van der Waals surface area contributed by atoms with Gasteiger partial charge in [-0.15, -0.1) is 0 Å². The molecule has 1 unspecified atom stereocenters. The van der Waals surface area contributed by atoms with Crippen LogP contribution in [0.3, 0.4) is 0 Å². The van der Waals surface area contributed by atoms with Gasteiger partial charge in [-0.1, -0.05) is 13.3 Å². The van der Waals surface area contributed by atoms with Crippen molar-refractivity contribution in [2.24, 2.45) is 13.0 Å². The van der Waals surface area contributed by atoms with E-state index in [1.165, 1.54) is 25.7 Å². The maximum absolute atomic E-state index is 4.16. The SMILES string of the molecule is CCCC(Nc1ccnn1C)C1CC1. The maximum Gasteiger partial charge on any atom is 0.124 e. The zero-order valence-electron chi connectivity index (χ0n) is 9.03. The van der Waals surface area contributed by atoms with E-state index in [0.29, 0.717) is 6.04 Å². The van der Waals surface area contributed by atoms with Gasteiger partial charge in [0.2, 0.25) is 0 Å². The fraction of sp³-hybridized carbons (Fsp3) is 0.727. The highest BCUT2D eigenvalue weighted by Gasteiger charge is 2.30. The number of rotatable bonds is 5. The topological polar surface area (TPSA) is 29.9 Å². The van der Waals surface area contributed by atoms with Crippen LogP contribution >= 0.6 is 0 Å². The van der Waals surface area contributed by atoms with Gasteiger partial charge in [-0.25, -0.2) is 0 Å². The van der Waals surface area contributed by atoms with Crippen molar-refractivity contribution >= 4 is 5.82 Å². The van der Waals surface area contributed by atoms with Crippen molar-refractivity contribution in [1.29, 1.82) is 0 Å². The first-order chi connectivity index (χ1) is 6.81. The minimum atomic E-state index is 0.662. The number of nitrogens with zero attached hydrogens (tertiary/aromatic N) is 2. The van der Waals surface area contributed by atoms with E-state index in [1.807, 2.05) is 24.0 Å². The highest BCUT2D eigenvalue weighted by atomic mass is 15.3. The van der Waals surface area contributed by atoms with Gasteiger partial charge in [-0.05, 0) is 25.2 Å². The molecule has 3 nitrogen and oxygen atoms in total. The second-order valence-corrected chi connectivity index (χ2v) is 4.22. The van der Waals surface area contributed by atoms with Crippen LogP contribution < -0.4 is 5.32 Å². The minimum absolute atomic E-state index is 0.662. The van der Waals surface area contributed by atoms with E-state index in [4.69, 9.17) is 0 Å². The zero-order chi connectivity index (χ0) is 9.97. The molecule has 0 radical (unpaired) electrons. The highest BCUT2D eigenvalue weighted by Crippen LogP contribution is 2.36. The molecule has 3 heteroatoms. The first kappa shape index (κ1) is 9.56. The Balaban J connectivity index is 1.96. The van der Waals surface area contributed by atoms with Gasteiger partial charge in [0.05, 0.1) is 6.20 Å². The van der Waals surface area contributed by atoms with Gasteiger partial charge in [0.15, 0.2) is 0 Å². The van der Waals surface area contributed by atoms with Gasteiger partial charge < -0.3 is 5.32 Å². The molecule has 0 bridgehead atoms. The molecule has 1 fully saturated rings. The predicted molar refractivity (Wildman–Crippen MR) is 58.3 cm³/mol. The average Bonchev–Trinajstić information content (AvgIpc) is 2.93. The van der Waals surface area contributed by atoms with E-state index in [0.717, 1.165) is 11.7 Å². The van der Waals surface area contributed by atoms with Crippen molar-refractivity contribution in [1.82, 2.24) is 9.78 Å². The first-order valence-corrected chi connectivity index (χ1v) is 5.55. The smallest absolute Gasteiger partial charge is 0.124 e. The third kappa shape index (κ3) is 2.08. The van der Waals surface area contributed by atoms with E-state index >= 15 is 0 Å². The first-order valence-electron chi connectivity index (χ1n) is 5.55. The molecule has 0 aromatic carbocycles. The minimum Gasteiger partial charge on any atom is -0.367 e. The summed E-state index contributed by atoms with van der Waals surface area (Å²) >= 11 is 0. The van der Waals surface area contributed by atoms with Crippen molar-refractivity contribution in [2.75, 3.05) is 5.32 Å². The van der Waals surface area contributed by atoms with Crippen LogP contribution in [0.2, 0.25) is 0 Å². The number of anilines is 1. The molecule has 2 rings (SSSR count). The number of hydrogen-bond acceptors (Lipinski definition) is 2. The van der Waals surface area contributed by atoms with Crippen LogP contribution in [0.15, 0.2) is 12.3 Å². The molecule has 1 saturated carbocycles.